The van der Waals surface area contributed by atoms with E-state index in [1.165, 1.54) is 45.5 Å². The van der Waals surface area contributed by atoms with E-state index >= 15 is 0 Å². The second-order valence-electron chi connectivity index (χ2n) is 9.11. The van der Waals surface area contributed by atoms with Crippen molar-refractivity contribution in [3.8, 4) is 5.75 Å². The molecule has 3 N–H and O–H groups in total. The number of halogens is 1. The van der Waals surface area contributed by atoms with Crippen LogP contribution >= 0.6 is 11.6 Å². The molecule has 0 amide bonds. The molecule has 1 unspecified atom stereocenters. The van der Waals surface area contributed by atoms with Gasteiger partial charge in [-0.25, -0.2) is 12.7 Å². The van der Waals surface area contributed by atoms with Crippen molar-refractivity contribution in [2.24, 2.45) is 5.41 Å². The fourth-order valence-corrected chi connectivity index (χ4v) is 6.73. The second kappa shape index (κ2) is 8.35. The third-order valence-corrected chi connectivity index (χ3v) is 9.38. The molecule has 174 valence electrons. The van der Waals surface area contributed by atoms with Gasteiger partial charge in [-0.05, 0) is 43.2 Å². The summed E-state index contributed by atoms with van der Waals surface area (Å²) in [5.41, 5.74) is -0.903. The normalized spacial score (nSPS) is 20.8. The number of rotatable bonds is 6. The Hall–Kier alpha value is -2.10. The fourth-order valence-electron chi connectivity index (χ4n) is 5.25. The van der Waals surface area contributed by atoms with Gasteiger partial charge in [-0.15, -0.1) is 0 Å². The predicted molar refractivity (Wildman–Crippen MR) is 125 cm³/mol. The molecule has 0 aliphatic heterocycles. The molecule has 0 bridgehead atoms. The van der Waals surface area contributed by atoms with Crippen LogP contribution in [0, 0.1) is 5.41 Å². The number of anilines is 3. The van der Waals surface area contributed by atoms with Gasteiger partial charge in [0.25, 0.3) is 10.9 Å². The maximum atomic E-state index is 12.6. The lowest BCUT2D eigenvalue weighted by atomic mass is 9.70. The molecule has 2 aromatic carbocycles. The molecule has 32 heavy (non-hydrogen) atoms. The van der Waals surface area contributed by atoms with Crippen molar-refractivity contribution in [2.45, 2.75) is 62.3 Å². The Balaban J connectivity index is 1.65. The zero-order chi connectivity index (χ0) is 23.3. The van der Waals surface area contributed by atoms with Crippen LogP contribution in [0.5, 0.6) is 5.75 Å². The highest BCUT2D eigenvalue weighted by Crippen LogP contribution is 2.50. The minimum Gasteiger partial charge on any atom is -0.504 e. The van der Waals surface area contributed by atoms with Gasteiger partial charge >= 0.3 is 0 Å². The fraction of sp³-hybridized carbons (Fsp3) is 0.545. The quantitative estimate of drug-likeness (QED) is 0.426. The van der Waals surface area contributed by atoms with Crippen LogP contribution in [0.15, 0.2) is 26.6 Å². The van der Waals surface area contributed by atoms with Gasteiger partial charge in [0, 0.05) is 20.1 Å². The summed E-state index contributed by atoms with van der Waals surface area (Å²) < 4.78 is 26.1. The van der Waals surface area contributed by atoms with Crippen LogP contribution in [0.3, 0.4) is 0 Å². The summed E-state index contributed by atoms with van der Waals surface area (Å²) in [6.45, 7) is 0. The number of nitrogens with one attached hydrogen (secondary N) is 2. The van der Waals surface area contributed by atoms with Crippen molar-refractivity contribution in [1.82, 2.24) is 4.31 Å². The highest BCUT2D eigenvalue weighted by Gasteiger charge is 2.44. The first-order valence-corrected chi connectivity index (χ1v) is 12.7. The van der Waals surface area contributed by atoms with Gasteiger partial charge < -0.3 is 15.7 Å². The number of aromatic hydroxyl groups is 1. The molecule has 2 aliphatic rings. The average Bonchev–Trinajstić information content (AvgIpc) is 3.13. The molecular formula is C22H28ClN3O5S. The molecule has 2 fully saturated rings. The largest absolute Gasteiger partial charge is 0.504 e. The molecule has 10 heteroatoms. The maximum Gasteiger partial charge on any atom is 0.253 e. The molecule has 0 saturated heterocycles. The zero-order valence-electron chi connectivity index (χ0n) is 18.2. The van der Waals surface area contributed by atoms with Crippen molar-refractivity contribution >= 4 is 38.7 Å². The van der Waals surface area contributed by atoms with E-state index in [2.05, 4.69) is 10.6 Å². The van der Waals surface area contributed by atoms with E-state index in [4.69, 9.17) is 11.6 Å². The molecule has 0 radical (unpaired) electrons. The summed E-state index contributed by atoms with van der Waals surface area (Å²) in [7, 11) is -1.38. The molecule has 8 nitrogen and oxygen atoms in total. The van der Waals surface area contributed by atoms with Gasteiger partial charge in [0.2, 0.25) is 10.0 Å². The number of benzene rings is 1. The van der Waals surface area contributed by atoms with E-state index in [1.807, 2.05) is 0 Å². The minimum atomic E-state index is -4.03. The molecule has 0 heterocycles. The van der Waals surface area contributed by atoms with E-state index in [0.29, 0.717) is 0 Å². The van der Waals surface area contributed by atoms with Crippen LogP contribution in [0.4, 0.5) is 17.1 Å². The average molecular weight is 482 g/mol. The summed E-state index contributed by atoms with van der Waals surface area (Å²) in [4.78, 5) is 24.3. The molecule has 2 aromatic rings. The predicted octanol–water partition coefficient (Wildman–Crippen LogP) is 3.55. The number of phenols is 1. The molecule has 1 atom stereocenters. The summed E-state index contributed by atoms with van der Waals surface area (Å²) in [6.07, 6.45) is 8.96. The molecule has 0 aromatic heterocycles. The van der Waals surface area contributed by atoms with E-state index in [0.717, 1.165) is 36.4 Å². The van der Waals surface area contributed by atoms with Gasteiger partial charge in [-0.3, -0.25) is 9.59 Å². The van der Waals surface area contributed by atoms with Crippen molar-refractivity contribution in [2.75, 3.05) is 24.7 Å². The number of phenolic OH excluding ortho intramolecular Hbond substituents is 1. The molecule has 4 rings (SSSR count). The van der Waals surface area contributed by atoms with Crippen molar-refractivity contribution in [3.63, 3.8) is 0 Å². The Kier molecular flexibility index (Phi) is 6.02. The lowest BCUT2D eigenvalue weighted by Crippen LogP contribution is -2.43. The highest BCUT2D eigenvalue weighted by atomic mass is 35.5. The summed E-state index contributed by atoms with van der Waals surface area (Å²) in [6, 6.07) is 2.83. The SMILES string of the molecule is CN(C)S(=O)(=O)c1c(Cl)ccc(Nc2c(NC3CCCC34CCCCC4)c(=O)c2=O)c1O. The Labute approximate surface area is 192 Å². The molecule has 2 aliphatic carbocycles. The van der Waals surface area contributed by atoms with Crippen LogP contribution in [0.25, 0.3) is 0 Å². The first-order chi connectivity index (χ1) is 15.1. The van der Waals surface area contributed by atoms with Crippen LogP contribution in [0.2, 0.25) is 5.02 Å². The van der Waals surface area contributed by atoms with Crippen LogP contribution in [-0.4, -0.2) is 38.0 Å². The van der Waals surface area contributed by atoms with E-state index in [-0.39, 0.29) is 33.5 Å². The summed E-state index contributed by atoms with van der Waals surface area (Å²) in [5, 5.41) is 16.6. The van der Waals surface area contributed by atoms with E-state index < -0.39 is 31.5 Å². The minimum absolute atomic E-state index is 0.0104. The first kappa shape index (κ1) is 23.1. The van der Waals surface area contributed by atoms with Gasteiger partial charge in [-0.2, -0.15) is 0 Å². The Morgan fingerprint density at radius 2 is 1.66 bits per heavy atom. The van der Waals surface area contributed by atoms with Crippen LogP contribution in [-0.2, 0) is 10.0 Å². The third-order valence-electron chi connectivity index (χ3n) is 7.07. The molecule has 2 saturated carbocycles. The van der Waals surface area contributed by atoms with Crippen molar-refractivity contribution in [3.05, 3.63) is 37.6 Å². The van der Waals surface area contributed by atoms with Crippen molar-refractivity contribution < 1.29 is 13.5 Å². The van der Waals surface area contributed by atoms with Gasteiger partial charge in [-0.1, -0.05) is 37.3 Å². The Bertz CT molecular complexity index is 1210. The van der Waals surface area contributed by atoms with Crippen molar-refractivity contribution in [1.29, 1.82) is 0 Å². The van der Waals surface area contributed by atoms with Crippen LogP contribution in [0.1, 0.15) is 51.4 Å². The number of sulfonamides is 1. The maximum absolute atomic E-state index is 12.6. The zero-order valence-corrected chi connectivity index (χ0v) is 19.8. The Morgan fingerprint density at radius 1 is 1.03 bits per heavy atom. The highest BCUT2D eigenvalue weighted by molar-refractivity contribution is 7.89. The standard InChI is InChI=1S/C22H28ClN3O5S/c1-26(2)32(30,31)21-13(23)8-9-14(18(21)27)24-16-17(20(29)19(16)28)25-15-7-6-12-22(15)10-4-3-5-11-22/h8-9,15,24-25,27H,3-7,10-12H2,1-2H3. The van der Waals surface area contributed by atoms with E-state index in [9.17, 15) is 23.1 Å². The van der Waals surface area contributed by atoms with Gasteiger partial charge in [0.05, 0.1) is 10.7 Å². The monoisotopic (exact) mass is 481 g/mol. The molecule has 1 spiro atoms. The third kappa shape index (κ3) is 3.70. The Morgan fingerprint density at radius 3 is 2.31 bits per heavy atom. The smallest absolute Gasteiger partial charge is 0.253 e. The topological polar surface area (TPSA) is 116 Å². The van der Waals surface area contributed by atoms with E-state index in [1.54, 1.807) is 0 Å². The second-order valence-corrected chi connectivity index (χ2v) is 11.6. The molecular weight excluding hydrogens is 454 g/mol. The summed E-state index contributed by atoms with van der Waals surface area (Å²) >= 11 is 6.05. The van der Waals surface area contributed by atoms with Crippen LogP contribution < -0.4 is 21.5 Å². The first-order valence-electron chi connectivity index (χ1n) is 10.9. The summed E-state index contributed by atoms with van der Waals surface area (Å²) in [5.74, 6) is -0.602. The number of nitrogens with zero attached hydrogens (tertiary/aromatic N) is 1. The number of hydrogen-bond donors (Lipinski definition) is 3. The lowest BCUT2D eigenvalue weighted by molar-refractivity contribution is 0.181. The number of hydrogen-bond acceptors (Lipinski definition) is 7. The lowest BCUT2D eigenvalue weighted by Gasteiger charge is -2.40. The van der Waals surface area contributed by atoms with Gasteiger partial charge in [0.1, 0.15) is 16.3 Å². The van der Waals surface area contributed by atoms with Gasteiger partial charge in [0.15, 0.2) is 5.75 Å².